The van der Waals surface area contributed by atoms with Crippen molar-refractivity contribution in [3.05, 3.63) is 170 Å². The second kappa shape index (κ2) is 45.8. The van der Waals surface area contributed by atoms with Crippen LogP contribution in [0.3, 0.4) is 0 Å². The van der Waals surface area contributed by atoms with Gasteiger partial charge >= 0.3 is 0 Å². The number of piperidine rings is 6. The number of hydrogen-bond acceptors (Lipinski definition) is 13. The molecule has 5 aromatic carbocycles. The Morgan fingerprint density at radius 1 is 0.281 bits per heavy atom. The lowest BCUT2D eigenvalue weighted by molar-refractivity contribution is 0.249. The van der Waals surface area contributed by atoms with Crippen molar-refractivity contribution in [1.29, 1.82) is 0 Å². The molecule has 0 N–H and O–H groups in total. The molecular formula is C98H158ClF2N13. The van der Waals surface area contributed by atoms with E-state index in [1.54, 1.807) is 6.07 Å². The summed E-state index contributed by atoms with van der Waals surface area (Å²) >= 11 is 6.45. The average Bonchev–Trinajstić information content (AvgIpc) is 0.852. The van der Waals surface area contributed by atoms with Crippen molar-refractivity contribution in [3.8, 4) is 0 Å². The second-order valence-corrected chi connectivity index (χ2v) is 37.5. The second-order valence-electron chi connectivity index (χ2n) is 37.1. The highest BCUT2D eigenvalue weighted by Gasteiger charge is 2.29. The van der Waals surface area contributed by atoms with Crippen LogP contribution in [0.25, 0.3) is 0 Å². The molecule has 16 heteroatoms. The normalized spacial score (nSPS) is 17.5. The van der Waals surface area contributed by atoms with Gasteiger partial charge in [-0.15, -0.1) is 0 Å². The Balaban J connectivity index is 0.000000189. The SMILES string of the molecule is CC(C)c1ccc(N2CCC(N(C)C)CC2)c(Cl)c1.CC(C)c1ccc(N2CCC(N(C)C)CC2)c(F)c1.CC(C)c1ccc(N2CCC(N(C)C)CC2)c(F)n1.Cc1cc(C(C)C)ccc1N1CCC(N(C)C)CC1.Cc1cc(C(C)C)ccc1N1CCC(N(C)C)CC1.Cc1cc(C(C)C)ccc1N1CCC(N(C)C)CC1. The van der Waals surface area contributed by atoms with Gasteiger partial charge in [-0.1, -0.05) is 143 Å². The van der Waals surface area contributed by atoms with E-state index in [1.807, 2.05) is 32.0 Å². The molecule has 0 bridgehead atoms. The smallest absolute Gasteiger partial charge is 0.236 e. The number of aryl methyl sites for hydroxylation is 3. The van der Waals surface area contributed by atoms with Gasteiger partial charge in [-0.3, -0.25) is 0 Å². The third-order valence-electron chi connectivity index (χ3n) is 25.6. The van der Waals surface area contributed by atoms with Crippen molar-refractivity contribution in [2.24, 2.45) is 0 Å². The summed E-state index contributed by atoms with van der Waals surface area (Å²) in [5.41, 5.74) is 18.7. The highest BCUT2D eigenvalue weighted by atomic mass is 35.5. The van der Waals surface area contributed by atoms with Crippen LogP contribution < -0.4 is 29.4 Å². The largest absolute Gasteiger partial charge is 0.371 e. The summed E-state index contributed by atoms with van der Waals surface area (Å²) < 4.78 is 28.3. The lowest BCUT2D eigenvalue weighted by Gasteiger charge is -2.37. The minimum absolute atomic E-state index is 0.0745. The predicted octanol–water partition coefficient (Wildman–Crippen LogP) is 21.3. The van der Waals surface area contributed by atoms with Gasteiger partial charge in [0.15, 0.2) is 0 Å². The zero-order valence-electron chi connectivity index (χ0n) is 76.7. The molecule has 6 saturated heterocycles. The van der Waals surface area contributed by atoms with Crippen LogP contribution in [0, 0.1) is 32.5 Å². The van der Waals surface area contributed by atoms with Gasteiger partial charge in [0, 0.05) is 138 Å². The zero-order chi connectivity index (χ0) is 83.9. The number of anilines is 6. The van der Waals surface area contributed by atoms with Gasteiger partial charge < -0.3 is 58.8 Å². The maximum absolute atomic E-state index is 14.2. The third kappa shape index (κ3) is 28.1. The molecule has 7 heterocycles. The first-order valence-corrected chi connectivity index (χ1v) is 44.4. The summed E-state index contributed by atoms with van der Waals surface area (Å²) in [5, 5.41) is 0.898. The standard InChI is InChI=1S/3C17H28N2.C16H25ClN2.C16H25FN2.C15H24FN3/c3*1-13(2)15-6-7-17(14(3)12-15)19-10-8-16(9-11-19)18(4)5;2*1-12(2)13-5-6-16(15(17)11-13)19-9-7-14(8-10-19)18(3)4;1-11(2)13-5-6-14(15(16)17-13)19-9-7-12(8-10-19)18(3)4/h3*6-7,12-13,16H,8-11H2,1-5H3;2*5-6,11-12,14H,7-10H2,1-4H3;5-6,11-12H,7-10H2,1-4H3. The van der Waals surface area contributed by atoms with Gasteiger partial charge in [-0.25, -0.2) is 9.37 Å². The maximum Gasteiger partial charge on any atom is 0.236 e. The van der Waals surface area contributed by atoms with E-state index in [0.717, 1.165) is 105 Å². The molecule has 114 heavy (non-hydrogen) atoms. The summed E-state index contributed by atoms with van der Waals surface area (Å²) in [7, 11) is 26.0. The maximum atomic E-state index is 14.2. The Bertz CT molecular complexity index is 3150. The predicted molar refractivity (Wildman–Crippen MR) is 494 cm³/mol. The van der Waals surface area contributed by atoms with Gasteiger partial charge in [-0.2, -0.15) is 4.39 Å². The number of nitrogens with zero attached hydrogens (tertiary/aromatic N) is 13. The Labute approximate surface area is 700 Å². The molecule has 0 aliphatic carbocycles. The summed E-state index contributed by atoms with van der Waals surface area (Å²) in [6, 6.07) is 41.2. The number of pyridine rings is 1. The molecule has 6 aliphatic heterocycles. The van der Waals surface area contributed by atoms with E-state index < -0.39 is 0 Å². The first-order chi connectivity index (χ1) is 53.9. The lowest BCUT2D eigenvalue weighted by Crippen LogP contribution is -2.42. The first-order valence-electron chi connectivity index (χ1n) is 44.0. The van der Waals surface area contributed by atoms with Crippen molar-refractivity contribution >= 4 is 45.7 Å². The van der Waals surface area contributed by atoms with Crippen LogP contribution in [0.1, 0.15) is 246 Å². The van der Waals surface area contributed by atoms with Crippen molar-refractivity contribution in [3.63, 3.8) is 0 Å². The molecule has 636 valence electrons. The molecule has 0 saturated carbocycles. The summed E-state index contributed by atoms with van der Waals surface area (Å²) in [5.74, 6) is 2.63. The van der Waals surface area contributed by atoms with E-state index in [1.165, 1.54) is 152 Å². The fourth-order valence-corrected chi connectivity index (χ4v) is 17.5. The molecule has 6 fully saturated rings. The van der Waals surface area contributed by atoms with Crippen LogP contribution in [0.2, 0.25) is 5.02 Å². The Hall–Kier alpha value is -6.04. The number of benzene rings is 5. The fourth-order valence-electron chi connectivity index (χ4n) is 17.2. The molecule has 0 radical (unpaired) electrons. The van der Waals surface area contributed by atoms with Crippen LogP contribution in [-0.2, 0) is 0 Å². The highest BCUT2D eigenvalue weighted by Crippen LogP contribution is 2.36. The van der Waals surface area contributed by atoms with E-state index >= 15 is 0 Å². The van der Waals surface area contributed by atoms with Gasteiger partial charge in [0.1, 0.15) is 5.82 Å². The van der Waals surface area contributed by atoms with Crippen molar-refractivity contribution in [2.45, 2.75) is 253 Å². The minimum Gasteiger partial charge on any atom is -0.371 e. The highest BCUT2D eigenvalue weighted by molar-refractivity contribution is 6.33. The molecule has 6 aromatic rings. The van der Waals surface area contributed by atoms with E-state index in [-0.39, 0.29) is 17.7 Å². The van der Waals surface area contributed by atoms with Gasteiger partial charge in [0.2, 0.25) is 5.95 Å². The van der Waals surface area contributed by atoms with Crippen LogP contribution in [-0.4, -0.2) is 234 Å². The number of aromatic nitrogens is 1. The monoisotopic (exact) mass is 1590 g/mol. The fraction of sp³-hybridized carbons (Fsp3) is 0.643. The summed E-state index contributed by atoms with van der Waals surface area (Å²) in [4.78, 5) is 32.4. The van der Waals surface area contributed by atoms with Gasteiger partial charge in [0.25, 0.3) is 0 Å². The molecule has 1 aromatic heterocycles. The molecule has 0 amide bonds. The number of rotatable bonds is 18. The molecule has 0 spiro atoms. The molecule has 12 rings (SSSR count). The van der Waals surface area contributed by atoms with Crippen LogP contribution in [0.5, 0.6) is 0 Å². The van der Waals surface area contributed by atoms with Crippen LogP contribution in [0.15, 0.2) is 103 Å². The Morgan fingerprint density at radius 2 is 0.491 bits per heavy atom. The molecular weight excluding hydrogens is 1430 g/mol. The summed E-state index contributed by atoms with van der Waals surface area (Å²) in [6.45, 7) is 46.0. The van der Waals surface area contributed by atoms with E-state index in [2.05, 4.69) is 317 Å². The molecule has 0 unspecified atom stereocenters. The topological polar surface area (TPSA) is 51.8 Å². The third-order valence-corrected chi connectivity index (χ3v) is 25.9. The van der Waals surface area contributed by atoms with E-state index in [9.17, 15) is 8.78 Å². The average molecular weight is 1590 g/mol. The van der Waals surface area contributed by atoms with Crippen LogP contribution in [0.4, 0.5) is 42.9 Å². The molecule has 6 aliphatic rings. The van der Waals surface area contributed by atoms with Crippen LogP contribution >= 0.6 is 11.6 Å². The Kier molecular flexibility index (Phi) is 38.2. The van der Waals surface area contributed by atoms with E-state index in [0.29, 0.717) is 53.4 Å². The zero-order valence-corrected chi connectivity index (χ0v) is 77.4. The van der Waals surface area contributed by atoms with Crippen molar-refractivity contribution < 1.29 is 8.78 Å². The van der Waals surface area contributed by atoms with Gasteiger partial charge in [-0.05, 0) is 317 Å². The van der Waals surface area contributed by atoms with Crippen molar-refractivity contribution in [2.75, 3.05) is 193 Å². The van der Waals surface area contributed by atoms with Crippen molar-refractivity contribution in [1.82, 2.24) is 34.4 Å². The number of hydrogen-bond donors (Lipinski definition) is 0. The lowest BCUT2D eigenvalue weighted by atomic mass is 9.98. The first kappa shape index (κ1) is 95.1. The molecule has 13 nitrogen and oxygen atoms in total. The molecule has 0 atom stereocenters. The van der Waals surface area contributed by atoms with E-state index in [4.69, 9.17) is 11.6 Å². The minimum atomic E-state index is -0.325. The quantitative estimate of drug-likeness (QED) is 0.0769. The van der Waals surface area contributed by atoms with Gasteiger partial charge in [0.05, 0.1) is 22.1 Å². The number of halogens is 3. The summed E-state index contributed by atoms with van der Waals surface area (Å²) in [6.07, 6.45) is 14.5. The Morgan fingerprint density at radius 3 is 0.711 bits per heavy atom.